The van der Waals surface area contributed by atoms with Crippen molar-refractivity contribution in [2.75, 3.05) is 20.2 Å². The van der Waals surface area contributed by atoms with Crippen molar-refractivity contribution in [1.82, 2.24) is 4.90 Å². The van der Waals surface area contributed by atoms with Gasteiger partial charge in [0.05, 0.1) is 12.7 Å². The van der Waals surface area contributed by atoms with Gasteiger partial charge in [-0.15, -0.1) is 0 Å². The average molecular weight is 340 g/mol. The summed E-state index contributed by atoms with van der Waals surface area (Å²) in [5.74, 6) is 0.609. The maximum Gasteiger partial charge on any atom is 0.337 e. The second-order valence-electron chi connectivity index (χ2n) is 5.43. The molecule has 20 heavy (non-hydrogen) atoms. The van der Waals surface area contributed by atoms with E-state index >= 15 is 0 Å². The van der Waals surface area contributed by atoms with Crippen molar-refractivity contribution in [2.24, 2.45) is 5.92 Å². The first kappa shape index (κ1) is 15.5. The zero-order valence-electron chi connectivity index (χ0n) is 12.2. The van der Waals surface area contributed by atoms with Crippen LogP contribution in [0.15, 0.2) is 22.7 Å². The molecule has 4 heteroatoms. The van der Waals surface area contributed by atoms with Crippen LogP contribution in [-0.2, 0) is 11.3 Å². The van der Waals surface area contributed by atoms with Crippen LogP contribution in [0.4, 0.5) is 0 Å². The van der Waals surface area contributed by atoms with Gasteiger partial charge in [0.25, 0.3) is 0 Å². The second kappa shape index (κ2) is 7.23. The normalized spacial score (nSPS) is 17.1. The number of piperidine rings is 1. The molecule has 1 saturated heterocycles. The molecule has 2 rings (SSSR count). The van der Waals surface area contributed by atoms with E-state index in [-0.39, 0.29) is 5.97 Å². The zero-order valence-corrected chi connectivity index (χ0v) is 13.8. The molecule has 0 unspecified atom stereocenters. The Labute approximate surface area is 129 Å². The largest absolute Gasteiger partial charge is 0.465 e. The van der Waals surface area contributed by atoms with Crippen LogP contribution < -0.4 is 0 Å². The molecule has 0 bridgehead atoms. The van der Waals surface area contributed by atoms with Crippen molar-refractivity contribution in [3.8, 4) is 0 Å². The van der Waals surface area contributed by atoms with E-state index in [1.165, 1.54) is 45.0 Å². The van der Waals surface area contributed by atoms with Crippen LogP contribution in [0.2, 0.25) is 0 Å². The molecule has 0 radical (unpaired) electrons. The van der Waals surface area contributed by atoms with Gasteiger partial charge in [-0.3, -0.25) is 4.90 Å². The van der Waals surface area contributed by atoms with Crippen molar-refractivity contribution < 1.29 is 9.53 Å². The van der Waals surface area contributed by atoms with Crippen molar-refractivity contribution in [2.45, 2.75) is 32.7 Å². The summed E-state index contributed by atoms with van der Waals surface area (Å²) < 4.78 is 5.72. The summed E-state index contributed by atoms with van der Waals surface area (Å²) in [5.41, 5.74) is 1.82. The lowest BCUT2D eigenvalue weighted by Gasteiger charge is -2.31. The number of likely N-dealkylation sites (tertiary alicyclic amines) is 1. The Kier molecular flexibility index (Phi) is 5.61. The van der Waals surface area contributed by atoms with E-state index in [9.17, 15) is 4.79 Å². The predicted molar refractivity (Wildman–Crippen MR) is 83.8 cm³/mol. The maximum absolute atomic E-state index is 11.5. The van der Waals surface area contributed by atoms with E-state index in [2.05, 4.69) is 27.8 Å². The summed E-state index contributed by atoms with van der Waals surface area (Å²) in [4.78, 5) is 14.0. The first-order valence-corrected chi connectivity index (χ1v) is 8.02. The van der Waals surface area contributed by atoms with E-state index in [0.29, 0.717) is 5.56 Å². The highest BCUT2D eigenvalue weighted by Crippen LogP contribution is 2.25. The molecule has 0 atom stereocenters. The van der Waals surface area contributed by atoms with Gasteiger partial charge in [-0.2, -0.15) is 0 Å². The average Bonchev–Trinajstić information content (AvgIpc) is 2.49. The van der Waals surface area contributed by atoms with Gasteiger partial charge in [-0.25, -0.2) is 4.79 Å². The topological polar surface area (TPSA) is 29.5 Å². The van der Waals surface area contributed by atoms with Crippen LogP contribution in [0.1, 0.15) is 42.1 Å². The first-order chi connectivity index (χ1) is 9.63. The van der Waals surface area contributed by atoms with Gasteiger partial charge in [0.15, 0.2) is 0 Å². The molecule has 1 aliphatic rings. The highest BCUT2D eigenvalue weighted by molar-refractivity contribution is 9.10. The van der Waals surface area contributed by atoms with Gasteiger partial charge in [0.1, 0.15) is 0 Å². The van der Waals surface area contributed by atoms with Crippen molar-refractivity contribution >= 4 is 21.9 Å². The van der Waals surface area contributed by atoms with E-state index in [1.54, 1.807) is 0 Å². The van der Waals surface area contributed by atoms with Gasteiger partial charge in [0, 0.05) is 11.0 Å². The molecule has 3 nitrogen and oxygen atoms in total. The molecule has 110 valence electrons. The number of nitrogens with zero attached hydrogens (tertiary/aromatic N) is 1. The van der Waals surface area contributed by atoms with E-state index in [0.717, 1.165) is 16.9 Å². The number of benzene rings is 1. The molecular weight excluding hydrogens is 318 g/mol. The Bertz CT molecular complexity index is 468. The molecule has 0 spiro atoms. The van der Waals surface area contributed by atoms with Crippen LogP contribution in [0.25, 0.3) is 0 Å². The summed E-state index contributed by atoms with van der Waals surface area (Å²) in [6, 6.07) is 5.70. The number of hydrogen-bond acceptors (Lipinski definition) is 3. The lowest BCUT2D eigenvalue weighted by atomic mass is 9.94. The van der Waals surface area contributed by atoms with Crippen LogP contribution in [0.5, 0.6) is 0 Å². The highest BCUT2D eigenvalue weighted by Gasteiger charge is 2.18. The van der Waals surface area contributed by atoms with Gasteiger partial charge in [-0.1, -0.05) is 35.3 Å². The van der Waals surface area contributed by atoms with Gasteiger partial charge < -0.3 is 4.74 Å². The molecular formula is C16H22BrNO2. The fraction of sp³-hybridized carbons (Fsp3) is 0.562. The minimum absolute atomic E-state index is 0.291. The highest BCUT2D eigenvalue weighted by atomic mass is 79.9. The number of hydrogen-bond donors (Lipinski definition) is 0. The third-order valence-electron chi connectivity index (χ3n) is 4.15. The lowest BCUT2D eigenvalue weighted by Crippen LogP contribution is -2.33. The predicted octanol–water partition coefficient (Wildman–Crippen LogP) is 3.86. The van der Waals surface area contributed by atoms with Crippen LogP contribution in [0, 0.1) is 5.92 Å². The van der Waals surface area contributed by atoms with Crippen LogP contribution >= 0.6 is 15.9 Å². The third kappa shape index (κ3) is 3.83. The molecule has 1 aromatic rings. The molecule has 1 heterocycles. The summed E-state index contributed by atoms with van der Waals surface area (Å²) in [7, 11) is 1.40. The summed E-state index contributed by atoms with van der Waals surface area (Å²) in [5, 5.41) is 0. The summed E-state index contributed by atoms with van der Waals surface area (Å²) in [6.07, 6.45) is 3.90. The molecule has 0 aromatic heterocycles. The molecule has 0 saturated carbocycles. The first-order valence-electron chi connectivity index (χ1n) is 7.23. The maximum atomic E-state index is 11.5. The standard InChI is InChI=1S/C16H22BrNO2/c1-3-12-6-8-18(9-7-12)11-14-5-4-13(10-15(14)17)16(19)20-2/h4-5,10,12H,3,6-9,11H2,1-2H3. The molecule has 1 aromatic carbocycles. The smallest absolute Gasteiger partial charge is 0.337 e. The lowest BCUT2D eigenvalue weighted by molar-refractivity contribution is 0.0600. The quantitative estimate of drug-likeness (QED) is 0.780. The van der Waals surface area contributed by atoms with Crippen molar-refractivity contribution in [3.05, 3.63) is 33.8 Å². The number of methoxy groups -OCH3 is 1. The molecule has 0 amide bonds. The molecule has 1 aliphatic heterocycles. The van der Waals surface area contributed by atoms with Gasteiger partial charge in [0.2, 0.25) is 0 Å². The zero-order chi connectivity index (χ0) is 14.5. The third-order valence-corrected chi connectivity index (χ3v) is 4.89. The number of esters is 1. The Morgan fingerprint density at radius 1 is 1.40 bits per heavy atom. The molecule has 0 aliphatic carbocycles. The Balaban J connectivity index is 1.98. The van der Waals surface area contributed by atoms with Gasteiger partial charge in [-0.05, 0) is 49.5 Å². The number of carbonyl (C=O) groups excluding carboxylic acids is 1. The van der Waals surface area contributed by atoms with Gasteiger partial charge >= 0.3 is 5.97 Å². The summed E-state index contributed by atoms with van der Waals surface area (Å²) >= 11 is 3.56. The Morgan fingerprint density at radius 3 is 2.65 bits per heavy atom. The Hall–Kier alpha value is -0.870. The number of rotatable bonds is 4. The van der Waals surface area contributed by atoms with Crippen molar-refractivity contribution in [1.29, 1.82) is 0 Å². The second-order valence-corrected chi connectivity index (χ2v) is 6.28. The van der Waals surface area contributed by atoms with Crippen LogP contribution in [-0.4, -0.2) is 31.1 Å². The molecule has 0 N–H and O–H groups in total. The monoisotopic (exact) mass is 339 g/mol. The van der Waals surface area contributed by atoms with E-state index < -0.39 is 0 Å². The molecule has 1 fully saturated rings. The fourth-order valence-corrected chi connectivity index (χ4v) is 3.22. The minimum Gasteiger partial charge on any atom is -0.465 e. The van der Waals surface area contributed by atoms with Crippen molar-refractivity contribution in [3.63, 3.8) is 0 Å². The minimum atomic E-state index is -0.291. The Morgan fingerprint density at radius 2 is 2.10 bits per heavy atom. The SMILES string of the molecule is CCC1CCN(Cc2ccc(C(=O)OC)cc2Br)CC1. The number of halogens is 1. The number of ether oxygens (including phenoxy) is 1. The van der Waals surface area contributed by atoms with E-state index in [4.69, 9.17) is 4.74 Å². The fourth-order valence-electron chi connectivity index (χ4n) is 2.71. The number of carbonyl (C=O) groups is 1. The van der Waals surface area contributed by atoms with E-state index in [1.807, 2.05) is 18.2 Å². The van der Waals surface area contributed by atoms with Crippen LogP contribution in [0.3, 0.4) is 0 Å². The summed E-state index contributed by atoms with van der Waals surface area (Å²) in [6.45, 7) is 5.56.